The zero-order valence-electron chi connectivity index (χ0n) is 13.1. The van der Waals surface area contributed by atoms with Crippen LogP contribution in [0.25, 0.3) is 11.0 Å². The summed E-state index contributed by atoms with van der Waals surface area (Å²) in [6.45, 7) is 10.4. The zero-order valence-corrected chi connectivity index (χ0v) is 13.1. The quantitative estimate of drug-likeness (QED) is 0.835. The van der Waals surface area contributed by atoms with E-state index in [0.717, 1.165) is 37.5 Å². The van der Waals surface area contributed by atoms with Crippen LogP contribution in [0.15, 0.2) is 28.7 Å². The first-order valence-electron chi connectivity index (χ1n) is 7.50. The van der Waals surface area contributed by atoms with Crippen molar-refractivity contribution in [3.05, 3.63) is 35.6 Å². The summed E-state index contributed by atoms with van der Waals surface area (Å²) in [5, 5.41) is 4.66. The minimum Gasteiger partial charge on any atom is -0.459 e. The highest BCUT2D eigenvalue weighted by molar-refractivity contribution is 5.82. The predicted octanol–water partition coefficient (Wildman–Crippen LogP) is 3.63. The normalized spacial score (nSPS) is 11.9. The van der Waals surface area contributed by atoms with Crippen LogP contribution in [0.3, 0.4) is 0 Å². The van der Waals surface area contributed by atoms with Gasteiger partial charge in [0, 0.05) is 24.0 Å². The Labute approximate surface area is 122 Å². The molecule has 1 heterocycles. The Morgan fingerprint density at radius 1 is 1.25 bits per heavy atom. The first-order chi connectivity index (χ1) is 9.61. The number of nitrogens with zero attached hydrogens (tertiary/aromatic N) is 1. The molecule has 1 N–H and O–H groups in total. The second-order valence-electron chi connectivity index (χ2n) is 5.87. The highest BCUT2D eigenvalue weighted by Gasteiger charge is 2.15. The first kappa shape index (κ1) is 15.1. The summed E-state index contributed by atoms with van der Waals surface area (Å²) < 4.78 is 6.07. The summed E-state index contributed by atoms with van der Waals surface area (Å²) in [4.78, 5) is 2.33. The lowest BCUT2D eigenvalue weighted by molar-refractivity contribution is 0.266. The molecule has 0 saturated carbocycles. The molecule has 2 rings (SSSR count). The number of furan rings is 1. The molecule has 0 aliphatic rings. The van der Waals surface area contributed by atoms with Crippen LogP contribution >= 0.6 is 0 Å². The highest BCUT2D eigenvalue weighted by Crippen LogP contribution is 2.26. The molecule has 3 nitrogen and oxygen atoms in total. The Bertz CT molecular complexity index is 545. The fourth-order valence-electron chi connectivity index (χ4n) is 2.65. The van der Waals surface area contributed by atoms with Gasteiger partial charge in [-0.15, -0.1) is 0 Å². The maximum atomic E-state index is 6.07. The lowest BCUT2D eigenvalue weighted by Gasteiger charge is -2.18. The molecule has 0 aliphatic heterocycles. The second-order valence-corrected chi connectivity index (χ2v) is 5.87. The topological polar surface area (TPSA) is 28.4 Å². The van der Waals surface area contributed by atoms with Gasteiger partial charge in [0.2, 0.25) is 0 Å². The zero-order chi connectivity index (χ0) is 14.5. The molecule has 0 saturated heterocycles. The van der Waals surface area contributed by atoms with E-state index >= 15 is 0 Å². The standard InChI is InChI=1S/C17H26N2O/c1-5-18-10-15-14-8-6-7-9-16(14)20-17(15)12-19(4)11-13(2)3/h6-9,13,18H,5,10-12H2,1-4H3. The van der Waals surface area contributed by atoms with Crippen LogP contribution in [-0.4, -0.2) is 25.0 Å². The Hall–Kier alpha value is -1.32. The molecule has 0 spiro atoms. The molecule has 20 heavy (non-hydrogen) atoms. The highest BCUT2D eigenvalue weighted by atomic mass is 16.3. The van der Waals surface area contributed by atoms with Gasteiger partial charge >= 0.3 is 0 Å². The number of fused-ring (bicyclic) bond motifs is 1. The Morgan fingerprint density at radius 3 is 2.70 bits per heavy atom. The van der Waals surface area contributed by atoms with Crippen molar-refractivity contribution in [1.29, 1.82) is 0 Å². The SMILES string of the molecule is CCNCc1c(CN(C)CC(C)C)oc2ccccc12. The maximum Gasteiger partial charge on any atom is 0.134 e. The third-order valence-corrected chi connectivity index (χ3v) is 3.42. The fraction of sp³-hybridized carbons (Fsp3) is 0.529. The van der Waals surface area contributed by atoms with Crippen LogP contribution in [0.1, 0.15) is 32.1 Å². The lowest BCUT2D eigenvalue weighted by atomic mass is 10.1. The molecule has 0 amide bonds. The van der Waals surface area contributed by atoms with Crippen molar-refractivity contribution >= 4 is 11.0 Å². The van der Waals surface area contributed by atoms with E-state index in [4.69, 9.17) is 4.42 Å². The Balaban J connectivity index is 2.26. The summed E-state index contributed by atoms with van der Waals surface area (Å²) in [5.41, 5.74) is 2.30. The van der Waals surface area contributed by atoms with E-state index < -0.39 is 0 Å². The molecule has 0 fully saturated rings. The van der Waals surface area contributed by atoms with Crippen molar-refractivity contribution in [1.82, 2.24) is 10.2 Å². The van der Waals surface area contributed by atoms with E-state index in [2.05, 4.69) is 56.2 Å². The molecular weight excluding hydrogens is 248 g/mol. The van der Waals surface area contributed by atoms with Gasteiger partial charge in [-0.05, 0) is 25.6 Å². The van der Waals surface area contributed by atoms with Crippen molar-refractivity contribution in [2.24, 2.45) is 5.92 Å². The van der Waals surface area contributed by atoms with E-state index in [-0.39, 0.29) is 0 Å². The summed E-state index contributed by atoms with van der Waals surface area (Å²) >= 11 is 0. The number of para-hydroxylation sites is 1. The molecule has 110 valence electrons. The Morgan fingerprint density at radius 2 is 2.00 bits per heavy atom. The van der Waals surface area contributed by atoms with Crippen molar-refractivity contribution in [2.75, 3.05) is 20.1 Å². The number of nitrogens with one attached hydrogen (secondary N) is 1. The van der Waals surface area contributed by atoms with Gasteiger partial charge in [0.25, 0.3) is 0 Å². The van der Waals surface area contributed by atoms with Gasteiger partial charge in [-0.1, -0.05) is 39.0 Å². The maximum absolute atomic E-state index is 6.07. The Kier molecular flexibility index (Phi) is 5.21. The minimum absolute atomic E-state index is 0.668. The van der Waals surface area contributed by atoms with Gasteiger partial charge in [-0.2, -0.15) is 0 Å². The van der Waals surface area contributed by atoms with Gasteiger partial charge in [0.15, 0.2) is 0 Å². The van der Waals surface area contributed by atoms with Crippen LogP contribution in [0.2, 0.25) is 0 Å². The van der Waals surface area contributed by atoms with Crippen LogP contribution < -0.4 is 5.32 Å². The van der Waals surface area contributed by atoms with Crippen molar-refractivity contribution < 1.29 is 4.42 Å². The summed E-state index contributed by atoms with van der Waals surface area (Å²) in [5.74, 6) is 1.76. The summed E-state index contributed by atoms with van der Waals surface area (Å²) in [6, 6.07) is 8.31. The van der Waals surface area contributed by atoms with Gasteiger partial charge in [-0.25, -0.2) is 0 Å². The first-order valence-corrected chi connectivity index (χ1v) is 7.50. The molecule has 0 radical (unpaired) electrons. The van der Waals surface area contributed by atoms with Crippen molar-refractivity contribution in [3.8, 4) is 0 Å². The minimum atomic E-state index is 0.668. The van der Waals surface area contributed by atoms with Gasteiger partial charge in [0.05, 0.1) is 6.54 Å². The number of hydrogen-bond acceptors (Lipinski definition) is 3. The van der Waals surface area contributed by atoms with E-state index in [1.54, 1.807) is 0 Å². The third kappa shape index (κ3) is 3.62. The molecule has 0 bridgehead atoms. The van der Waals surface area contributed by atoms with E-state index in [0.29, 0.717) is 5.92 Å². The predicted molar refractivity (Wildman–Crippen MR) is 84.8 cm³/mol. The molecule has 1 aromatic carbocycles. The van der Waals surface area contributed by atoms with Gasteiger partial charge < -0.3 is 9.73 Å². The van der Waals surface area contributed by atoms with Gasteiger partial charge in [0.1, 0.15) is 11.3 Å². The average molecular weight is 274 g/mol. The smallest absolute Gasteiger partial charge is 0.134 e. The van der Waals surface area contributed by atoms with Crippen molar-refractivity contribution in [2.45, 2.75) is 33.9 Å². The van der Waals surface area contributed by atoms with Crippen LogP contribution in [0.4, 0.5) is 0 Å². The molecule has 0 unspecified atom stereocenters. The summed E-state index contributed by atoms with van der Waals surface area (Å²) in [6.07, 6.45) is 0. The molecule has 2 aromatic rings. The average Bonchev–Trinajstić information content (AvgIpc) is 2.72. The second kappa shape index (κ2) is 6.91. The molecule has 0 atom stereocenters. The van der Waals surface area contributed by atoms with Crippen LogP contribution in [-0.2, 0) is 13.1 Å². The third-order valence-electron chi connectivity index (χ3n) is 3.42. The molecular formula is C17H26N2O. The summed E-state index contributed by atoms with van der Waals surface area (Å²) in [7, 11) is 2.16. The number of rotatable bonds is 7. The molecule has 3 heteroatoms. The number of benzene rings is 1. The number of hydrogen-bond donors (Lipinski definition) is 1. The van der Waals surface area contributed by atoms with E-state index in [1.165, 1.54) is 10.9 Å². The van der Waals surface area contributed by atoms with Gasteiger partial charge in [-0.3, -0.25) is 4.90 Å². The van der Waals surface area contributed by atoms with Crippen LogP contribution in [0, 0.1) is 5.92 Å². The molecule has 0 aliphatic carbocycles. The van der Waals surface area contributed by atoms with E-state index in [1.807, 2.05) is 6.07 Å². The lowest BCUT2D eigenvalue weighted by Crippen LogP contribution is -2.23. The molecule has 1 aromatic heterocycles. The fourth-order valence-corrected chi connectivity index (χ4v) is 2.65. The largest absolute Gasteiger partial charge is 0.459 e. The monoisotopic (exact) mass is 274 g/mol. The van der Waals surface area contributed by atoms with Crippen molar-refractivity contribution in [3.63, 3.8) is 0 Å². The van der Waals surface area contributed by atoms with Crippen LogP contribution in [0.5, 0.6) is 0 Å². The van der Waals surface area contributed by atoms with E-state index in [9.17, 15) is 0 Å².